The topological polar surface area (TPSA) is 64.9 Å². The molecule has 1 saturated carbocycles. The fraction of sp³-hybridized carbons (Fsp3) is 0.385. The van der Waals surface area contributed by atoms with Crippen LogP contribution in [0.1, 0.15) is 25.1 Å². The molecule has 1 aliphatic carbocycles. The van der Waals surface area contributed by atoms with E-state index in [1.165, 1.54) is 0 Å². The zero-order chi connectivity index (χ0) is 14.2. The molecule has 2 N–H and O–H groups in total. The van der Waals surface area contributed by atoms with Gasteiger partial charge in [0.2, 0.25) is 0 Å². The van der Waals surface area contributed by atoms with Gasteiger partial charge in [-0.05, 0) is 43.5 Å². The first-order valence-corrected chi connectivity index (χ1v) is 7.13. The van der Waals surface area contributed by atoms with Crippen LogP contribution in [-0.4, -0.2) is 15.9 Å². The van der Waals surface area contributed by atoms with Crippen LogP contribution >= 0.6 is 11.8 Å². The fourth-order valence-corrected chi connectivity index (χ4v) is 2.60. The Morgan fingerprint density at radius 2 is 1.95 bits per heavy atom. The third-order valence-corrected chi connectivity index (χ3v) is 4.17. The van der Waals surface area contributed by atoms with E-state index in [9.17, 15) is 8.78 Å². The van der Waals surface area contributed by atoms with Gasteiger partial charge in [0.25, 0.3) is 11.6 Å². The van der Waals surface area contributed by atoms with E-state index in [1.807, 2.05) is 0 Å². The molecule has 1 aliphatic rings. The minimum atomic E-state index is -2.42. The monoisotopic (exact) mass is 297 g/mol. The number of nitrogens with two attached hydrogens (primary N) is 1. The summed E-state index contributed by atoms with van der Waals surface area (Å²) in [7, 11) is 0. The van der Waals surface area contributed by atoms with Crippen LogP contribution in [0.25, 0.3) is 11.5 Å². The summed E-state index contributed by atoms with van der Waals surface area (Å²) in [5.41, 5.74) is 6.36. The van der Waals surface area contributed by atoms with Gasteiger partial charge >= 0.3 is 0 Å². The average Bonchev–Trinajstić information content (AvgIpc) is 2.86. The minimum Gasteiger partial charge on any atom is -0.334 e. The summed E-state index contributed by atoms with van der Waals surface area (Å²) < 4.78 is 29.7. The maximum atomic E-state index is 12.2. The zero-order valence-electron chi connectivity index (χ0n) is 10.6. The number of benzene rings is 1. The van der Waals surface area contributed by atoms with Crippen LogP contribution in [0, 0.1) is 0 Å². The van der Waals surface area contributed by atoms with Crippen LogP contribution in [-0.2, 0) is 5.54 Å². The summed E-state index contributed by atoms with van der Waals surface area (Å²) in [5.74, 6) is -1.54. The molecule has 7 heteroatoms. The first-order valence-electron chi connectivity index (χ1n) is 6.25. The Kier molecular flexibility index (Phi) is 3.47. The van der Waals surface area contributed by atoms with E-state index in [4.69, 9.17) is 10.3 Å². The second kappa shape index (κ2) is 5.14. The van der Waals surface area contributed by atoms with Crippen molar-refractivity contribution in [2.24, 2.45) is 5.73 Å². The molecule has 106 valence electrons. The van der Waals surface area contributed by atoms with Crippen molar-refractivity contribution in [1.29, 1.82) is 0 Å². The van der Waals surface area contributed by atoms with Gasteiger partial charge in [0.1, 0.15) is 0 Å². The number of halogens is 2. The molecule has 0 bridgehead atoms. The molecule has 0 radical (unpaired) electrons. The second-order valence-corrected chi connectivity index (χ2v) is 5.90. The predicted molar refractivity (Wildman–Crippen MR) is 71.3 cm³/mol. The van der Waals surface area contributed by atoms with Crippen LogP contribution < -0.4 is 5.73 Å². The lowest BCUT2D eigenvalue weighted by molar-refractivity contribution is 0.229. The number of nitrogens with zero attached hydrogens (tertiary/aromatic N) is 2. The van der Waals surface area contributed by atoms with Gasteiger partial charge in [-0.2, -0.15) is 13.8 Å². The van der Waals surface area contributed by atoms with Gasteiger partial charge in [0.15, 0.2) is 5.82 Å². The summed E-state index contributed by atoms with van der Waals surface area (Å²) >= 11 is 0.505. The van der Waals surface area contributed by atoms with Gasteiger partial charge in [-0.15, -0.1) is 0 Å². The van der Waals surface area contributed by atoms with Gasteiger partial charge in [-0.25, -0.2) is 0 Å². The lowest BCUT2D eigenvalue weighted by Crippen LogP contribution is -2.44. The van der Waals surface area contributed by atoms with Crippen molar-refractivity contribution in [2.45, 2.75) is 35.5 Å². The van der Waals surface area contributed by atoms with Gasteiger partial charge in [-0.3, -0.25) is 0 Å². The van der Waals surface area contributed by atoms with Crippen molar-refractivity contribution in [3.63, 3.8) is 0 Å². The first-order chi connectivity index (χ1) is 9.57. The van der Waals surface area contributed by atoms with E-state index >= 15 is 0 Å². The van der Waals surface area contributed by atoms with Crippen molar-refractivity contribution in [2.75, 3.05) is 0 Å². The summed E-state index contributed by atoms with van der Waals surface area (Å²) in [5, 5.41) is 3.92. The summed E-state index contributed by atoms with van der Waals surface area (Å²) in [6.45, 7) is 0. The molecule has 1 aromatic carbocycles. The maximum absolute atomic E-state index is 12.2. The van der Waals surface area contributed by atoms with Crippen LogP contribution in [0.5, 0.6) is 0 Å². The molecule has 0 atom stereocenters. The third-order valence-electron chi connectivity index (χ3n) is 3.44. The van der Waals surface area contributed by atoms with Crippen LogP contribution in [0.4, 0.5) is 8.78 Å². The first kappa shape index (κ1) is 13.5. The second-order valence-electron chi connectivity index (χ2n) is 4.84. The normalized spacial score (nSPS) is 17.2. The third kappa shape index (κ3) is 2.55. The Balaban J connectivity index is 1.79. The van der Waals surface area contributed by atoms with Crippen molar-refractivity contribution >= 4 is 11.8 Å². The molecule has 0 aliphatic heterocycles. The van der Waals surface area contributed by atoms with E-state index in [2.05, 4.69) is 10.1 Å². The molecule has 0 amide bonds. The Morgan fingerprint density at radius 3 is 2.50 bits per heavy atom. The SMILES string of the molecule is NC1(c2noc(-c3ccc(SC(F)F)cc3)n2)CCC1. The lowest BCUT2D eigenvalue weighted by Gasteiger charge is -2.34. The Morgan fingerprint density at radius 1 is 1.25 bits per heavy atom. The van der Waals surface area contributed by atoms with Gasteiger partial charge in [0.05, 0.1) is 5.54 Å². The van der Waals surface area contributed by atoms with Gasteiger partial charge in [0, 0.05) is 10.5 Å². The number of thioether (sulfide) groups is 1. The molecule has 20 heavy (non-hydrogen) atoms. The summed E-state index contributed by atoms with van der Waals surface area (Å²) in [6.07, 6.45) is 2.78. The number of hydrogen-bond acceptors (Lipinski definition) is 5. The average molecular weight is 297 g/mol. The van der Waals surface area contributed by atoms with E-state index in [0.717, 1.165) is 19.3 Å². The predicted octanol–water partition coefficient (Wildman–Crippen LogP) is 3.39. The number of aromatic nitrogens is 2. The van der Waals surface area contributed by atoms with Crippen molar-refractivity contribution in [3.05, 3.63) is 30.1 Å². The Bertz CT molecular complexity index is 596. The number of alkyl halides is 2. The quantitative estimate of drug-likeness (QED) is 0.876. The molecule has 0 unspecified atom stereocenters. The molecule has 3 rings (SSSR count). The van der Waals surface area contributed by atoms with Crippen molar-refractivity contribution in [3.8, 4) is 11.5 Å². The largest absolute Gasteiger partial charge is 0.334 e. The standard InChI is InChI=1S/C13H13F2N3OS/c14-12(15)20-9-4-2-8(3-5-9)10-17-11(18-19-10)13(16)6-1-7-13/h2-5,12H,1,6-7,16H2. The van der Waals surface area contributed by atoms with Gasteiger partial charge < -0.3 is 10.3 Å². The molecule has 2 aromatic rings. The van der Waals surface area contributed by atoms with E-state index in [0.29, 0.717) is 33.9 Å². The van der Waals surface area contributed by atoms with Crippen LogP contribution in [0.15, 0.2) is 33.7 Å². The smallest absolute Gasteiger partial charge is 0.288 e. The summed E-state index contributed by atoms with van der Waals surface area (Å²) in [6, 6.07) is 6.59. The van der Waals surface area contributed by atoms with Crippen LogP contribution in [0.2, 0.25) is 0 Å². The molecule has 0 spiro atoms. The molecule has 1 heterocycles. The molecule has 4 nitrogen and oxygen atoms in total. The molecule has 1 fully saturated rings. The van der Waals surface area contributed by atoms with E-state index in [-0.39, 0.29) is 0 Å². The molecular weight excluding hydrogens is 284 g/mol. The lowest BCUT2D eigenvalue weighted by atomic mass is 9.77. The minimum absolute atomic E-state index is 0.366. The van der Waals surface area contributed by atoms with Gasteiger partial charge in [-0.1, -0.05) is 16.9 Å². The number of rotatable bonds is 4. The zero-order valence-corrected chi connectivity index (χ0v) is 11.4. The molecule has 1 aromatic heterocycles. The highest BCUT2D eigenvalue weighted by Gasteiger charge is 2.39. The Labute approximate surface area is 118 Å². The van der Waals surface area contributed by atoms with E-state index < -0.39 is 11.3 Å². The van der Waals surface area contributed by atoms with Crippen LogP contribution in [0.3, 0.4) is 0 Å². The van der Waals surface area contributed by atoms with Crippen molar-refractivity contribution in [1.82, 2.24) is 10.1 Å². The highest BCUT2D eigenvalue weighted by molar-refractivity contribution is 7.99. The highest BCUT2D eigenvalue weighted by Crippen LogP contribution is 2.37. The Hall–Kier alpha value is -1.47. The summed E-state index contributed by atoms with van der Waals surface area (Å²) in [4.78, 5) is 4.81. The van der Waals surface area contributed by atoms with Crippen molar-refractivity contribution < 1.29 is 13.3 Å². The maximum Gasteiger partial charge on any atom is 0.288 e. The van der Waals surface area contributed by atoms with E-state index in [1.54, 1.807) is 24.3 Å². The molecular formula is C13H13F2N3OS. The fourth-order valence-electron chi connectivity index (χ4n) is 2.10. The molecule has 0 saturated heterocycles. The highest BCUT2D eigenvalue weighted by atomic mass is 32.2. The number of hydrogen-bond donors (Lipinski definition) is 1.